The zero-order valence-electron chi connectivity index (χ0n) is 5.32. The molecule has 0 atom stereocenters. The summed E-state index contributed by atoms with van der Waals surface area (Å²) in [5.74, 6) is 0. The third-order valence-corrected chi connectivity index (χ3v) is 1.58. The van der Waals surface area contributed by atoms with Crippen LogP contribution in [0.2, 0.25) is 0 Å². The van der Waals surface area contributed by atoms with Crippen LogP contribution in [0, 0.1) is 0 Å². The molecule has 0 bridgehead atoms. The summed E-state index contributed by atoms with van der Waals surface area (Å²) in [5, 5.41) is 9.39. The Morgan fingerprint density at radius 2 is 2.10 bits per heavy atom. The van der Waals surface area contributed by atoms with Crippen LogP contribution in [-0.4, -0.2) is 14.6 Å². The van der Waals surface area contributed by atoms with Crippen LogP contribution in [0.15, 0.2) is 12.4 Å². The maximum atomic E-state index is 3.79. The summed E-state index contributed by atoms with van der Waals surface area (Å²) in [7, 11) is 0. The summed E-state index contributed by atoms with van der Waals surface area (Å²) < 4.78 is 2.03. The van der Waals surface area contributed by atoms with Gasteiger partial charge in [-0.2, -0.15) is 0 Å². The van der Waals surface area contributed by atoms with E-state index in [1.807, 2.05) is 10.5 Å². The maximum absolute atomic E-state index is 3.79. The molecule has 0 aliphatic carbocycles. The van der Waals surface area contributed by atoms with Gasteiger partial charge in [-0.3, -0.25) is 0 Å². The summed E-state index contributed by atoms with van der Waals surface area (Å²) >= 11 is 1.42. The van der Waals surface area contributed by atoms with Crippen LogP contribution in [0.3, 0.4) is 0 Å². The Morgan fingerprint density at radius 1 is 1.40 bits per heavy atom. The molecule has 1 aromatic rings. The Morgan fingerprint density at radius 3 is 2.70 bits per heavy atom. The Hall–Kier alpha value is -0.622. The number of nitrogens with zero attached hydrogens (tertiary/aromatic N) is 2. The van der Waals surface area contributed by atoms with E-state index in [1.165, 1.54) is 19.4 Å². The van der Waals surface area contributed by atoms with Gasteiger partial charge in [-0.1, -0.05) is 0 Å². The fourth-order valence-corrected chi connectivity index (χ4v) is 1.11. The van der Waals surface area contributed by atoms with Gasteiger partial charge in [0, 0.05) is 0 Å². The Bertz CT molecular complexity index is 332. The summed E-state index contributed by atoms with van der Waals surface area (Å²) in [6, 6.07) is 0. The van der Waals surface area contributed by atoms with Gasteiger partial charge in [0.05, 0.1) is 0 Å². The van der Waals surface area contributed by atoms with E-state index in [1.54, 1.807) is 12.4 Å². The first-order valence-corrected chi connectivity index (χ1v) is 4.45. The molecule has 0 amide bonds. The minimum atomic E-state index is 0.924. The molecule has 0 fully saturated rings. The molecule has 3 heteroatoms. The topological polar surface area (TPSA) is 25.8 Å². The van der Waals surface area contributed by atoms with Crippen molar-refractivity contribution in [3.63, 3.8) is 0 Å². The molecule has 0 aromatic carbocycles. The number of aromatic nitrogens is 2. The molecule has 50 valence electrons. The van der Waals surface area contributed by atoms with Gasteiger partial charge in [-0.15, -0.1) is 0 Å². The molecule has 0 aliphatic heterocycles. The van der Waals surface area contributed by atoms with E-state index in [0.29, 0.717) is 0 Å². The third-order valence-electron chi connectivity index (χ3n) is 1.10. The third kappa shape index (κ3) is 1.68. The fraction of sp³-hybridized carbons (Fsp3) is 0. The molecule has 0 aliphatic rings. The standard InChI is InChI=1S/C7H6N2.W/c1-3-7-5-9-8-4-6(7)2;/h1,3-5H,2H2;. The van der Waals surface area contributed by atoms with Crippen LogP contribution >= 0.6 is 0 Å². The molecule has 0 unspecified atom stereocenters. The van der Waals surface area contributed by atoms with Crippen LogP contribution in [-0.2, 0) is 19.4 Å². The van der Waals surface area contributed by atoms with Crippen LogP contribution in [0.5, 0.6) is 0 Å². The normalized spacial score (nSPS) is 11.4. The number of hydrogen-bond acceptors (Lipinski definition) is 2. The molecular weight excluding hydrogens is 296 g/mol. The van der Waals surface area contributed by atoms with Crippen LogP contribution in [0.25, 0.3) is 12.7 Å². The van der Waals surface area contributed by atoms with Crippen molar-refractivity contribution in [1.29, 1.82) is 0 Å². The summed E-state index contributed by atoms with van der Waals surface area (Å²) in [4.78, 5) is 0. The first-order valence-electron chi connectivity index (χ1n) is 2.76. The molecule has 0 saturated heterocycles. The minimum absolute atomic E-state index is 0.924. The molecule has 1 heterocycles. The zero-order chi connectivity index (χ0) is 7.40. The average Bonchev–Trinajstić information content (AvgIpc) is 1.94. The second-order valence-corrected chi connectivity index (χ2v) is 2.75. The molecule has 0 N–H and O–H groups in total. The molecule has 10 heavy (non-hydrogen) atoms. The van der Waals surface area contributed by atoms with Crippen LogP contribution in [0.1, 0.15) is 0 Å². The van der Waals surface area contributed by atoms with Crippen molar-refractivity contribution in [2.24, 2.45) is 0 Å². The van der Waals surface area contributed by atoms with Crippen molar-refractivity contribution in [3.05, 3.63) is 22.8 Å². The van der Waals surface area contributed by atoms with Gasteiger partial charge in [-0.05, 0) is 0 Å². The van der Waals surface area contributed by atoms with Crippen LogP contribution in [0.4, 0.5) is 0 Å². The Labute approximate surface area is 69.7 Å². The predicted molar refractivity (Wildman–Crippen MR) is 37.3 cm³/mol. The first-order chi connectivity index (χ1) is 4.84. The molecule has 0 saturated carbocycles. The second kappa shape index (κ2) is 3.52. The van der Waals surface area contributed by atoms with E-state index >= 15 is 0 Å². The average molecular weight is 302 g/mol. The van der Waals surface area contributed by atoms with Gasteiger partial charge in [0.1, 0.15) is 0 Å². The van der Waals surface area contributed by atoms with Crippen molar-refractivity contribution in [1.82, 2.24) is 10.2 Å². The zero-order valence-corrected chi connectivity index (χ0v) is 8.25. The molecule has 0 spiro atoms. The summed E-state index contributed by atoms with van der Waals surface area (Å²) in [6.45, 7) is 3.79. The van der Waals surface area contributed by atoms with E-state index in [9.17, 15) is 0 Å². The van der Waals surface area contributed by atoms with Crippen molar-refractivity contribution < 1.29 is 19.4 Å². The monoisotopic (exact) mass is 302 g/mol. The van der Waals surface area contributed by atoms with E-state index in [4.69, 9.17) is 0 Å². The Kier molecular flexibility index (Phi) is 2.64. The van der Waals surface area contributed by atoms with Crippen molar-refractivity contribution >= 4 is 17.1 Å². The second-order valence-electron chi connectivity index (χ2n) is 1.77. The van der Waals surface area contributed by atoms with Gasteiger partial charge in [0.2, 0.25) is 0 Å². The van der Waals surface area contributed by atoms with Crippen molar-refractivity contribution in [2.75, 3.05) is 0 Å². The number of hydrogen-bond donors (Lipinski definition) is 0. The molecule has 1 rings (SSSR count). The number of rotatable bonds is 1. The molecule has 0 radical (unpaired) electrons. The molecule has 2 nitrogen and oxygen atoms in total. The summed E-state index contributed by atoms with van der Waals surface area (Å²) in [5.41, 5.74) is 0. The van der Waals surface area contributed by atoms with E-state index in [0.717, 1.165) is 10.4 Å². The van der Waals surface area contributed by atoms with Gasteiger partial charge in [0.25, 0.3) is 0 Å². The van der Waals surface area contributed by atoms with Crippen molar-refractivity contribution in [3.8, 4) is 0 Å². The predicted octanol–water partition coefficient (Wildman–Crippen LogP) is -0.984. The molecule has 1 aromatic heterocycles. The van der Waals surface area contributed by atoms with E-state index in [-0.39, 0.29) is 0 Å². The first kappa shape index (κ1) is 7.48. The van der Waals surface area contributed by atoms with Gasteiger partial charge in [-0.25, -0.2) is 0 Å². The van der Waals surface area contributed by atoms with Gasteiger partial charge in [0.15, 0.2) is 0 Å². The van der Waals surface area contributed by atoms with Crippen LogP contribution < -0.4 is 10.4 Å². The van der Waals surface area contributed by atoms with Gasteiger partial charge < -0.3 is 0 Å². The van der Waals surface area contributed by atoms with E-state index < -0.39 is 0 Å². The summed E-state index contributed by atoms with van der Waals surface area (Å²) in [6.07, 6.45) is 5.36. The SMILES string of the molecule is C=c1cnncc1=C[CH]=[W]. The Balaban J connectivity index is 3.43. The fourth-order valence-electron chi connectivity index (χ4n) is 0.579. The molecular formula is C7H6N2W. The quantitative estimate of drug-likeness (QED) is 0.666. The van der Waals surface area contributed by atoms with Gasteiger partial charge >= 0.3 is 69.4 Å². The van der Waals surface area contributed by atoms with Crippen molar-refractivity contribution in [2.45, 2.75) is 0 Å². The van der Waals surface area contributed by atoms with E-state index in [2.05, 4.69) is 16.8 Å².